The van der Waals surface area contributed by atoms with Crippen LogP contribution in [0.3, 0.4) is 0 Å². The summed E-state index contributed by atoms with van der Waals surface area (Å²) in [4.78, 5) is 4.85. The van der Waals surface area contributed by atoms with Crippen LogP contribution >= 0.6 is 11.6 Å². The molecule has 0 bridgehead atoms. The first-order valence-corrected chi connectivity index (χ1v) is 9.53. The number of aliphatic hydroxyl groups is 1. The number of halogens is 1. The van der Waals surface area contributed by atoms with Gasteiger partial charge in [0.25, 0.3) is 0 Å². The molecule has 0 fully saturated rings. The monoisotopic (exact) mass is 396 g/mol. The molecule has 4 aromatic rings. The van der Waals surface area contributed by atoms with Gasteiger partial charge in [-0.25, -0.2) is 4.98 Å². The number of hydrogen-bond acceptors (Lipinski definition) is 5. The average molecular weight is 397 g/mol. The van der Waals surface area contributed by atoms with Gasteiger partial charge in [-0.1, -0.05) is 30.7 Å². The molecule has 0 spiro atoms. The van der Waals surface area contributed by atoms with Crippen molar-refractivity contribution in [3.63, 3.8) is 0 Å². The first-order chi connectivity index (χ1) is 13.5. The summed E-state index contributed by atoms with van der Waals surface area (Å²) in [5, 5.41) is 23.0. The number of aliphatic hydroxyl groups excluding tert-OH is 1. The minimum atomic E-state index is 0.162. The van der Waals surface area contributed by atoms with Crippen molar-refractivity contribution in [1.82, 2.24) is 29.4 Å². The second kappa shape index (κ2) is 7.69. The Hall–Kier alpha value is -2.77. The third-order valence-corrected chi connectivity index (χ3v) is 5.00. The average Bonchev–Trinajstić information content (AvgIpc) is 3.32. The maximum atomic E-state index is 9.31. The van der Waals surface area contributed by atoms with Gasteiger partial charge in [-0.15, -0.1) is 10.2 Å². The number of aryl methyl sites for hydroxylation is 2. The highest BCUT2D eigenvalue weighted by molar-refractivity contribution is 6.30. The molecule has 0 radical (unpaired) electrons. The van der Waals surface area contributed by atoms with E-state index in [1.54, 1.807) is 10.9 Å². The van der Waals surface area contributed by atoms with E-state index in [-0.39, 0.29) is 12.5 Å². The van der Waals surface area contributed by atoms with E-state index in [0.29, 0.717) is 10.7 Å². The standard InChI is InChI=1S/C20H21ClN6O/c1-13(12-28)3-8-18-24-25-20-19(15-9-22-26(2)10-15)23-17(11-27(18)20)14-4-6-16(21)7-5-14/h4-7,9-11,13,28H,3,8,12H2,1-2H3/t13-/m1/s1. The van der Waals surface area contributed by atoms with Crippen LogP contribution in [0.5, 0.6) is 0 Å². The second-order valence-corrected chi connectivity index (χ2v) is 7.46. The van der Waals surface area contributed by atoms with Gasteiger partial charge in [0.05, 0.1) is 11.9 Å². The molecule has 0 saturated heterocycles. The molecule has 1 aromatic carbocycles. The Labute approximate surface area is 167 Å². The van der Waals surface area contributed by atoms with Crippen LogP contribution in [0.1, 0.15) is 19.2 Å². The largest absolute Gasteiger partial charge is 0.396 e. The number of nitrogens with zero attached hydrogens (tertiary/aromatic N) is 6. The van der Waals surface area contributed by atoms with E-state index in [1.807, 2.05) is 55.0 Å². The van der Waals surface area contributed by atoms with Gasteiger partial charge in [-0.05, 0) is 24.5 Å². The lowest BCUT2D eigenvalue weighted by atomic mass is 10.1. The molecule has 1 atom stereocenters. The third-order valence-electron chi connectivity index (χ3n) is 4.75. The zero-order valence-corrected chi connectivity index (χ0v) is 16.5. The molecule has 1 N–H and O–H groups in total. The van der Waals surface area contributed by atoms with Crippen LogP contribution in [-0.2, 0) is 13.5 Å². The summed E-state index contributed by atoms with van der Waals surface area (Å²) in [6, 6.07) is 7.59. The molecule has 0 aliphatic rings. The highest BCUT2D eigenvalue weighted by atomic mass is 35.5. The van der Waals surface area contributed by atoms with E-state index in [9.17, 15) is 5.11 Å². The van der Waals surface area contributed by atoms with Crippen molar-refractivity contribution in [2.24, 2.45) is 13.0 Å². The molecule has 0 unspecified atom stereocenters. The molecule has 0 aliphatic heterocycles. The number of aromatic nitrogens is 6. The van der Waals surface area contributed by atoms with Crippen molar-refractivity contribution >= 4 is 17.2 Å². The molecule has 3 heterocycles. The fourth-order valence-corrected chi connectivity index (χ4v) is 3.20. The zero-order chi connectivity index (χ0) is 19.7. The molecule has 144 valence electrons. The Morgan fingerprint density at radius 1 is 1.11 bits per heavy atom. The van der Waals surface area contributed by atoms with Crippen LogP contribution in [0, 0.1) is 5.92 Å². The van der Waals surface area contributed by atoms with Gasteiger partial charge in [0.2, 0.25) is 0 Å². The number of fused-ring (bicyclic) bond motifs is 1. The van der Waals surface area contributed by atoms with Gasteiger partial charge in [0.15, 0.2) is 5.65 Å². The van der Waals surface area contributed by atoms with Gasteiger partial charge in [-0.3, -0.25) is 9.08 Å². The molecule has 7 nitrogen and oxygen atoms in total. The molecular weight excluding hydrogens is 376 g/mol. The Kier molecular flexibility index (Phi) is 5.11. The van der Waals surface area contributed by atoms with Crippen molar-refractivity contribution in [2.45, 2.75) is 19.8 Å². The molecule has 28 heavy (non-hydrogen) atoms. The summed E-state index contributed by atoms with van der Waals surface area (Å²) in [5.74, 6) is 1.06. The van der Waals surface area contributed by atoms with E-state index in [0.717, 1.165) is 41.2 Å². The lowest BCUT2D eigenvalue weighted by molar-refractivity contribution is 0.230. The topological polar surface area (TPSA) is 81.1 Å². The van der Waals surface area contributed by atoms with Gasteiger partial charge in [0, 0.05) is 48.6 Å². The van der Waals surface area contributed by atoms with Crippen molar-refractivity contribution in [3.8, 4) is 22.5 Å². The Morgan fingerprint density at radius 3 is 2.57 bits per heavy atom. The fraction of sp³-hybridized carbons (Fsp3) is 0.300. The molecule has 4 rings (SSSR count). The van der Waals surface area contributed by atoms with E-state index in [2.05, 4.69) is 15.3 Å². The highest BCUT2D eigenvalue weighted by Gasteiger charge is 2.17. The predicted octanol–water partition coefficient (Wildman–Crippen LogP) is 3.41. The summed E-state index contributed by atoms with van der Waals surface area (Å²) in [6.45, 7) is 2.18. The molecule has 0 saturated carbocycles. The van der Waals surface area contributed by atoms with Gasteiger partial charge in [-0.2, -0.15) is 5.10 Å². The summed E-state index contributed by atoms with van der Waals surface area (Å²) < 4.78 is 3.73. The molecular formula is C20H21ClN6O. The van der Waals surface area contributed by atoms with Gasteiger partial charge < -0.3 is 5.11 Å². The van der Waals surface area contributed by atoms with E-state index in [4.69, 9.17) is 16.6 Å². The van der Waals surface area contributed by atoms with Crippen molar-refractivity contribution < 1.29 is 5.11 Å². The minimum Gasteiger partial charge on any atom is -0.396 e. The third kappa shape index (κ3) is 3.63. The quantitative estimate of drug-likeness (QED) is 0.540. The van der Waals surface area contributed by atoms with Crippen molar-refractivity contribution in [1.29, 1.82) is 0 Å². The maximum Gasteiger partial charge on any atom is 0.187 e. The first-order valence-electron chi connectivity index (χ1n) is 9.15. The number of hydrogen-bond donors (Lipinski definition) is 1. The molecule has 0 amide bonds. The Bertz CT molecular complexity index is 1100. The lowest BCUT2D eigenvalue weighted by Gasteiger charge is -2.09. The van der Waals surface area contributed by atoms with Crippen molar-refractivity contribution in [2.75, 3.05) is 6.61 Å². The number of benzene rings is 1. The van der Waals surface area contributed by atoms with Crippen LogP contribution in [0.4, 0.5) is 0 Å². The van der Waals surface area contributed by atoms with Gasteiger partial charge >= 0.3 is 0 Å². The fourth-order valence-electron chi connectivity index (χ4n) is 3.08. The summed E-state index contributed by atoms with van der Waals surface area (Å²) in [5.41, 5.74) is 4.07. The van der Waals surface area contributed by atoms with Crippen LogP contribution < -0.4 is 0 Å². The summed E-state index contributed by atoms with van der Waals surface area (Å²) >= 11 is 6.04. The zero-order valence-electron chi connectivity index (χ0n) is 15.7. The highest BCUT2D eigenvalue weighted by Crippen LogP contribution is 2.27. The first kappa shape index (κ1) is 18.6. The van der Waals surface area contributed by atoms with Crippen LogP contribution in [0.15, 0.2) is 42.9 Å². The molecule has 0 aliphatic carbocycles. The van der Waals surface area contributed by atoms with Gasteiger partial charge in [0.1, 0.15) is 11.5 Å². The van der Waals surface area contributed by atoms with Crippen LogP contribution in [-0.4, -0.2) is 41.1 Å². The van der Waals surface area contributed by atoms with Crippen LogP contribution in [0.2, 0.25) is 5.02 Å². The smallest absolute Gasteiger partial charge is 0.187 e. The summed E-state index contributed by atoms with van der Waals surface area (Å²) in [6.07, 6.45) is 7.20. The predicted molar refractivity (Wildman–Crippen MR) is 108 cm³/mol. The van der Waals surface area contributed by atoms with Crippen molar-refractivity contribution in [3.05, 3.63) is 53.7 Å². The SMILES string of the molecule is C[C@@H](CO)CCc1nnc2c(-c3cnn(C)c3)nc(-c3ccc(Cl)cc3)cn12. The maximum absolute atomic E-state index is 9.31. The Balaban J connectivity index is 1.86. The Morgan fingerprint density at radius 2 is 1.89 bits per heavy atom. The van der Waals surface area contributed by atoms with Crippen LogP contribution in [0.25, 0.3) is 28.2 Å². The lowest BCUT2D eigenvalue weighted by Crippen LogP contribution is -2.05. The van der Waals surface area contributed by atoms with E-state index >= 15 is 0 Å². The van der Waals surface area contributed by atoms with E-state index in [1.165, 1.54) is 0 Å². The normalized spacial score (nSPS) is 12.6. The minimum absolute atomic E-state index is 0.162. The van der Waals surface area contributed by atoms with E-state index < -0.39 is 0 Å². The summed E-state index contributed by atoms with van der Waals surface area (Å²) in [7, 11) is 1.87. The molecule has 3 aromatic heterocycles. The second-order valence-electron chi connectivity index (χ2n) is 7.02. The molecule has 8 heteroatoms. The number of rotatable bonds is 6.